The Morgan fingerprint density at radius 2 is 2.12 bits per heavy atom. The summed E-state index contributed by atoms with van der Waals surface area (Å²) in [6.07, 6.45) is 3.37. The monoisotopic (exact) mass is 295 g/mol. The number of halogens is 1. The number of methoxy groups -OCH3 is 1. The van der Waals surface area contributed by atoms with Crippen molar-refractivity contribution in [1.29, 1.82) is 0 Å². The van der Waals surface area contributed by atoms with Crippen LogP contribution in [0, 0.1) is 0 Å². The molecule has 0 saturated heterocycles. The van der Waals surface area contributed by atoms with Crippen molar-refractivity contribution in [2.45, 2.75) is 0 Å². The Balaban J connectivity index is 2.26. The standard InChI is InChI=1S/C10H10BrN5O/c1-17-9-3-8(15-10(12)16-9)14-7-2-6(11)4-13-5-7/h2-5H,1H3,(H3,12,14,15,16). The fourth-order valence-electron chi connectivity index (χ4n) is 1.24. The van der Waals surface area contributed by atoms with Gasteiger partial charge in [-0.15, -0.1) is 0 Å². The van der Waals surface area contributed by atoms with Gasteiger partial charge in [0, 0.05) is 16.7 Å². The lowest BCUT2D eigenvalue weighted by Gasteiger charge is -2.07. The molecule has 7 heteroatoms. The van der Waals surface area contributed by atoms with Crippen LogP contribution in [0.5, 0.6) is 5.88 Å². The second kappa shape index (κ2) is 4.96. The molecule has 17 heavy (non-hydrogen) atoms. The van der Waals surface area contributed by atoms with Crippen LogP contribution in [0.3, 0.4) is 0 Å². The molecule has 0 radical (unpaired) electrons. The summed E-state index contributed by atoms with van der Waals surface area (Å²) in [6.45, 7) is 0. The summed E-state index contributed by atoms with van der Waals surface area (Å²) < 4.78 is 5.87. The summed E-state index contributed by atoms with van der Waals surface area (Å²) in [5.41, 5.74) is 6.34. The fraction of sp³-hybridized carbons (Fsp3) is 0.100. The Bertz CT molecular complexity index is 534. The maximum absolute atomic E-state index is 5.55. The van der Waals surface area contributed by atoms with Crippen molar-refractivity contribution in [3.63, 3.8) is 0 Å². The van der Waals surface area contributed by atoms with Crippen LogP contribution >= 0.6 is 15.9 Å². The fourth-order valence-corrected chi connectivity index (χ4v) is 1.60. The van der Waals surface area contributed by atoms with E-state index in [9.17, 15) is 0 Å². The van der Waals surface area contributed by atoms with Gasteiger partial charge >= 0.3 is 0 Å². The molecular weight excluding hydrogens is 286 g/mol. The van der Waals surface area contributed by atoms with E-state index in [0.717, 1.165) is 10.2 Å². The number of rotatable bonds is 3. The Morgan fingerprint density at radius 3 is 2.82 bits per heavy atom. The van der Waals surface area contributed by atoms with Gasteiger partial charge in [-0.25, -0.2) is 0 Å². The number of aromatic nitrogens is 3. The van der Waals surface area contributed by atoms with E-state index in [4.69, 9.17) is 10.5 Å². The van der Waals surface area contributed by atoms with Crippen LogP contribution in [0.4, 0.5) is 17.5 Å². The highest BCUT2D eigenvalue weighted by molar-refractivity contribution is 9.10. The molecule has 0 unspecified atom stereocenters. The van der Waals surface area contributed by atoms with Gasteiger partial charge in [0.1, 0.15) is 5.82 Å². The SMILES string of the molecule is COc1cc(Nc2cncc(Br)c2)nc(N)n1. The molecule has 0 atom stereocenters. The molecule has 88 valence electrons. The van der Waals surface area contributed by atoms with Crippen LogP contribution in [-0.4, -0.2) is 22.1 Å². The first-order valence-corrected chi connectivity index (χ1v) is 5.53. The molecule has 2 heterocycles. The number of pyridine rings is 1. The zero-order valence-electron chi connectivity index (χ0n) is 9.01. The minimum Gasteiger partial charge on any atom is -0.481 e. The Labute approximate surface area is 106 Å². The molecule has 6 nitrogen and oxygen atoms in total. The van der Waals surface area contributed by atoms with Crippen molar-refractivity contribution < 1.29 is 4.74 Å². The van der Waals surface area contributed by atoms with Crippen molar-refractivity contribution in [1.82, 2.24) is 15.0 Å². The molecule has 3 N–H and O–H groups in total. The average molecular weight is 296 g/mol. The van der Waals surface area contributed by atoms with Crippen LogP contribution in [0.15, 0.2) is 29.0 Å². The van der Waals surface area contributed by atoms with Gasteiger partial charge in [-0.1, -0.05) is 0 Å². The first kappa shape index (κ1) is 11.6. The summed E-state index contributed by atoms with van der Waals surface area (Å²) in [4.78, 5) is 12.0. The van der Waals surface area contributed by atoms with E-state index in [0.29, 0.717) is 11.7 Å². The average Bonchev–Trinajstić information content (AvgIpc) is 2.28. The molecule has 0 spiro atoms. The molecule has 0 fully saturated rings. The summed E-state index contributed by atoms with van der Waals surface area (Å²) in [5.74, 6) is 1.10. The normalized spacial score (nSPS) is 10.0. The molecule has 0 aliphatic heterocycles. The predicted octanol–water partition coefficient (Wildman–Crippen LogP) is 1.97. The van der Waals surface area contributed by atoms with E-state index in [1.54, 1.807) is 18.5 Å². The van der Waals surface area contributed by atoms with Crippen LogP contribution in [-0.2, 0) is 0 Å². The number of nitrogens with two attached hydrogens (primary N) is 1. The van der Waals surface area contributed by atoms with Gasteiger partial charge in [0.2, 0.25) is 11.8 Å². The van der Waals surface area contributed by atoms with Gasteiger partial charge in [0.05, 0.1) is 19.0 Å². The van der Waals surface area contributed by atoms with Crippen molar-refractivity contribution in [3.8, 4) is 5.88 Å². The lowest BCUT2D eigenvalue weighted by molar-refractivity contribution is 0.398. The van der Waals surface area contributed by atoms with Crippen LogP contribution in [0.1, 0.15) is 0 Å². The molecule has 0 amide bonds. The van der Waals surface area contributed by atoms with E-state index in [1.165, 1.54) is 7.11 Å². The number of ether oxygens (including phenoxy) is 1. The van der Waals surface area contributed by atoms with E-state index in [-0.39, 0.29) is 5.95 Å². The van der Waals surface area contributed by atoms with Crippen LogP contribution in [0.2, 0.25) is 0 Å². The third-order valence-corrected chi connectivity index (χ3v) is 2.34. The number of hydrogen-bond donors (Lipinski definition) is 2. The highest BCUT2D eigenvalue weighted by Crippen LogP contribution is 2.20. The van der Waals surface area contributed by atoms with Gasteiger partial charge in [-0.3, -0.25) is 4.98 Å². The summed E-state index contributed by atoms with van der Waals surface area (Å²) in [6, 6.07) is 3.52. The highest BCUT2D eigenvalue weighted by atomic mass is 79.9. The van der Waals surface area contributed by atoms with Crippen LogP contribution in [0.25, 0.3) is 0 Å². The summed E-state index contributed by atoms with van der Waals surface area (Å²) in [5, 5.41) is 3.06. The highest BCUT2D eigenvalue weighted by Gasteiger charge is 2.03. The van der Waals surface area contributed by atoms with E-state index in [2.05, 4.69) is 36.2 Å². The van der Waals surface area contributed by atoms with E-state index < -0.39 is 0 Å². The zero-order valence-corrected chi connectivity index (χ0v) is 10.6. The molecule has 0 aromatic carbocycles. The maximum atomic E-state index is 5.55. The molecular formula is C10H10BrN5O. The first-order valence-electron chi connectivity index (χ1n) is 4.73. The van der Waals surface area contributed by atoms with Crippen LogP contribution < -0.4 is 15.8 Å². The van der Waals surface area contributed by atoms with Crippen molar-refractivity contribution in [2.24, 2.45) is 0 Å². The minimum atomic E-state index is 0.148. The van der Waals surface area contributed by atoms with Gasteiger partial charge in [0.15, 0.2) is 0 Å². The zero-order chi connectivity index (χ0) is 12.3. The van der Waals surface area contributed by atoms with Crippen molar-refractivity contribution in [3.05, 3.63) is 29.0 Å². The van der Waals surface area contributed by atoms with Gasteiger partial charge in [0.25, 0.3) is 0 Å². The van der Waals surface area contributed by atoms with Gasteiger partial charge in [-0.2, -0.15) is 9.97 Å². The third kappa shape index (κ3) is 3.04. The molecule has 2 aromatic rings. The minimum absolute atomic E-state index is 0.148. The first-order chi connectivity index (χ1) is 8.17. The number of hydrogen-bond acceptors (Lipinski definition) is 6. The molecule has 0 aliphatic rings. The van der Waals surface area contributed by atoms with E-state index >= 15 is 0 Å². The second-order valence-corrected chi connectivity index (χ2v) is 4.09. The summed E-state index contributed by atoms with van der Waals surface area (Å²) >= 11 is 3.33. The lowest BCUT2D eigenvalue weighted by atomic mass is 10.4. The quantitative estimate of drug-likeness (QED) is 0.900. The van der Waals surface area contributed by atoms with Crippen molar-refractivity contribution >= 4 is 33.4 Å². The number of anilines is 3. The molecule has 2 rings (SSSR count). The number of nitrogen functional groups attached to an aromatic ring is 1. The van der Waals surface area contributed by atoms with Crippen molar-refractivity contribution in [2.75, 3.05) is 18.2 Å². The lowest BCUT2D eigenvalue weighted by Crippen LogP contribution is -2.01. The third-order valence-electron chi connectivity index (χ3n) is 1.91. The number of nitrogens with one attached hydrogen (secondary N) is 1. The largest absolute Gasteiger partial charge is 0.481 e. The van der Waals surface area contributed by atoms with Gasteiger partial charge < -0.3 is 15.8 Å². The smallest absolute Gasteiger partial charge is 0.225 e. The predicted molar refractivity (Wildman–Crippen MR) is 68.2 cm³/mol. The maximum Gasteiger partial charge on any atom is 0.225 e. The summed E-state index contributed by atoms with van der Waals surface area (Å²) in [7, 11) is 1.52. The molecule has 0 aliphatic carbocycles. The molecule has 2 aromatic heterocycles. The Morgan fingerprint density at radius 1 is 1.29 bits per heavy atom. The second-order valence-electron chi connectivity index (χ2n) is 3.17. The number of nitrogens with zero attached hydrogens (tertiary/aromatic N) is 3. The van der Waals surface area contributed by atoms with E-state index in [1.807, 2.05) is 6.07 Å². The topological polar surface area (TPSA) is 86.0 Å². The Hall–Kier alpha value is -1.89. The molecule has 0 bridgehead atoms. The van der Waals surface area contributed by atoms with Gasteiger partial charge in [-0.05, 0) is 22.0 Å². The Kier molecular flexibility index (Phi) is 3.38. The molecule has 0 saturated carbocycles.